The van der Waals surface area contributed by atoms with Crippen molar-refractivity contribution in [2.75, 3.05) is 13.7 Å². The molecular formula is C28H43NO11. The summed E-state index contributed by atoms with van der Waals surface area (Å²) in [5, 5.41) is 0. The molecule has 0 aromatic heterocycles. The molecule has 0 bridgehead atoms. The average Bonchev–Trinajstić information content (AvgIpc) is 2.89. The van der Waals surface area contributed by atoms with E-state index in [2.05, 4.69) is 0 Å². The lowest BCUT2D eigenvalue weighted by Gasteiger charge is -2.27. The molecule has 226 valence electrons. The minimum Gasteiger partial charge on any atom is -0.468 e. The minimum absolute atomic E-state index is 0.0946. The Labute approximate surface area is 235 Å². The lowest BCUT2D eigenvalue weighted by Crippen LogP contribution is -2.51. The van der Waals surface area contributed by atoms with Crippen molar-refractivity contribution in [1.82, 2.24) is 0 Å². The predicted octanol–water partition coefficient (Wildman–Crippen LogP) is 5.46. The Bertz CT molecular complexity index is 983. The molecule has 0 aliphatic rings. The fourth-order valence-electron chi connectivity index (χ4n) is 3.36. The van der Waals surface area contributed by atoms with Crippen LogP contribution in [0.25, 0.3) is 0 Å². The number of rotatable bonds is 15. The molecule has 0 spiro atoms. The molecule has 0 aliphatic carbocycles. The number of carbonyl (C=O) groups is 4. The van der Waals surface area contributed by atoms with Gasteiger partial charge in [0.15, 0.2) is 11.5 Å². The van der Waals surface area contributed by atoms with Crippen molar-refractivity contribution in [3.8, 4) is 11.5 Å². The minimum atomic E-state index is -1.61. The predicted molar refractivity (Wildman–Crippen MR) is 144 cm³/mol. The Balaban J connectivity index is 3.14. The molecular weight excluding hydrogens is 526 g/mol. The summed E-state index contributed by atoms with van der Waals surface area (Å²) in [5.74, 6) is -1.00. The Morgan fingerprint density at radius 2 is 1.38 bits per heavy atom. The smallest absolute Gasteiger partial charge is 0.468 e. The van der Waals surface area contributed by atoms with Crippen LogP contribution in [0, 0.1) is 0 Å². The van der Waals surface area contributed by atoms with Crippen molar-refractivity contribution < 1.29 is 52.3 Å². The summed E-state index contributed by atoms with van der Waals surface area (Å²) in [6, 6.07) is 4.29. The zero-order valence-electron chi connectivity index (χ0n) is 24.5. The van der Waals surface area contributed by atoms with Gasteiger partial charge in [0, 0.05) is 12.8 Å². The monoisotopic (exact) mass is 569 g/mol. The van der Waals surface area contributed by atoms with Crippen LogP contribution in [0.2, 0.25) is 0 Å². The molecule has 0 amide bonds. The third-order valence-electron chi connectivity index (χ3n) is 6.01. The fourth-order valence-corrected chi connectivity index (χ4v) is 3.36. The van der Waals surface area contributed by atoms with Crippen LogP contribution in [-0.4, -0.2) is 62.0 Å². The second kappa shape index (κ2) is 17.2. The molecule has 1 aromatic carbocycles. The number of esters is 1. The molecule has 12 nitrogen and oxygen atoms in total. The molecule has 40 heavy (non-hydrogen) atoms. The van der Waals surface area contributed by atoms with Crippen molar-refractivity contribution in [3.05, 3.63) is 23.8 Å². The van der Waals surface area contributed by atoms with Crippen LogP contribution in [0.1, 0.15) is 79.2 Å². The summed E-state index contributed by atoms with van der Waals surface area (Å²) < 4.78 is 36.0. The first-order chi connectivity index (χ1) is 18.9. The van der Waals surface area contributed by atoms with E-state index < -0.39 is 42.2 Å². The highest BCUT2D eigenvalue weighted by Gasteiger charge is 2.36. The lowest BCUT2D eigenvalue weighted by atomic mass is 9.88. The summed E-state index contributed by atoms with van der Waals surface area (Å²) in [4.78, 5) is 49.1. The quantitative estimate of drug-likeness (QED) is 0.162. The molecule has 4 atom stereocenters. The number of carbonyl (C=O) groups excluding carboxylic acids is 4. The van der Waals surface area contributed by atoms with Gasteiger partial charge in [-0.15, -0.1) is 0 Å². The van der Waals surface area contributed by atoms with Gasteiger partial charge in [-0.25, -0.2) is 14.4 Å². The highest BCUT2D eigenvalue weighted by atomic mass is 16.8. The van der Waals surface area contributed by atoms with Crippen LogP contribution in [-0.2, 0) is 34.9 Å². The molecule has 2 N–H and O–H groups in total. The molecule has 0 fully saturated rings. The van der Waals surface area contributed by atoms with Gasteiger partial charge in [0.1, 0.15) is 23.9 Å². The third-order valence-corrected chi connectivity index (χ3v) is 6.01. The number of hydrogen-bond acceptors (Lipinski definition) is 12. The Kier molecular flexibility index (Phi) is 14.8. The number of nitrogens with two attached hydrogens (primary N) is 1. The zero-order chi connectivity index (χ0) is 30.3. The number of methoxy groups -OCH3 is 1. The number of benzene rings is 1. The SMILES string of the molecule is CCC[C@H](C)OC(=O)OCC[C@@](N)(Cc1ccc(OC(=O)OC(C)CC)c(OC(=O)OC(C)CC)c1)C(=O)OC. The van der Waals surface area contributed by atoms with E-state index in [0.717, 1.165) is 6.42 Å². The van der Waals surface area contributed by atoms with E-state index in [1.807, 2.05) is 20.8 Å². The zero-order valence-corrected chi connectivity index (χ0v) is 24.5. The third kappa shape index (κ3) is 12.1. The maximum Gasteiger partial charge on any atom is 0.514 e. The second-order valence-corrected chi connectivity index (χ2v) is 9.55. The Morgan fingerprint density at radius 1 is 0.825 bits per heavy atom. The maximum absolute atomic E-state index is 12.6. The van der Waals surface area contributed by atoms with E-state index in [0.29, 0.717) is 24.8 Å². The molecule has 0 heterocycles. The Hall–Kier alpha value is -3.54. The van der Waals surface area contributed by atoms with Crippen LogP contribution in [0.5, 0.6) is 11.5 Å². The van der Waals surface area contributed by atoms with E-state index >= 15 is 0 Å². The van der Waals surface area contributed by atoms with E-state index in [9.17, 15) is 19.2 Å². The number of ether oxygens (including phenoxy) is 7. The van der Waals surface area contributed by atoms with E-state index in [-0.39, 0.29) is 37.1 Å². The van der Waals surface area contributed by atoms with Crippen LogP contribution in [0.4, 0.5) is 14.4 Å². The number of hydrogen-bond donors (Lipinski definition) is 1. The molecule has 12 heteroatoms. The first kappa shape index (κ1) is 34.5. The first-order valence-electron chi connectivity index (χ1n) is 13.5. The maximum atomic E-state index is 12.6. The van der Waals surface area contributed by atoms with Gasteiger partial charge in [-0.2, -0.15) is 0 Å². The van der Waals surface area contributed by atoms with E-state index in [1.165, 1.54) is 25.3 Å². The van der Waals surface area contributed by atoms with Gasteiger partial charge >= 0.3 is 24.4 Å². The van der Waals surface area contributed by atoms with Gasteiger partial charge in [-0.05, 0) is 57.7 Å². The molecule has 0 saturated heterocycles. The van der Waals surface area contributed by atoms with Gasteiger partial charge in [0.25, 0.3) is 0 Å². The van der Waals surface area contributed by atoms with Crippen LogP contribution in [0.15, 0.2) is 18.2 Å². The van der Waals surface area contributed by atoms with Gasteiger partial charge in [-0.3, -0.25) is 4.79 Å². The van der Waals surface area contributed by atoms with Crippen molar-refractivity contribution in [2.24, 2.45) is 5.73 Å². The molecule has 0 saturated carbocycles. The van der Waals surface area contributed by atoms with Gasteiger partial charge in [0.05, 0.1) is 13.7 Å². The lowest BCUT2D eigenvalue weighted by molar-refractivity contribution is -0.147. The van der Waals surface area contributed by atoms with E-state index in [4.69, 9.17) is 38.9 Å². The molecule has 1 rings (SSSR count). The summed E-state index contributed by atoms with van der Waals surface area (Å²) >= 11 is 0. The van der Waals surface area contributed by atoms with Crippen molar-refractivity contribution in [1.29, 1.82) is 0 Å². The van der Waals surface area contributed by atoms with Crippen molar-refractivity contribution in [3.63, 3.8) is 0 Å². The van der Waals surface area contributed by atoms with Gasteiger partial charge in [-0.1, -0.05) is 33.3 Å². The standard InChI is InChI=1S/C28H43NO11/c1-8-11-20(6)38-25(31)35-15-14-28(29,24(30)34-7)17-21-12-13-22(39-26(32)36-18(4)9-2)23(16-21)40-27(33)37-19(5)10-3/h12-13,16,18-20H,8-11,14-15,17,29H2,1-7H3/t18?,19?,20-,28+/m0/s1. The molecule has 0 aliphatic heterocycles. The Morgan fingerprint density at radius 3 is 1.90 bits per heavy atom. The van der Waals surface area contributed by atoms with Gasteiger partial charge < -0.3 is 38.9 Å². The van der Waals surface area contributed by atoms with Crippen LogP contribution in [0.3, 0.4) is 0 Å². The molecule has 0 radical (unpaired) electrons. The van der Waals surface area contributed by atoms with Crippen LogP contribution < -0.4 is 15.2 Å². The van der Waals surface area contributed by atoms with Crippen molar-refractivity contribution in [2.45, 2.75) is 104 Å². The first-order valence-corrected chi connectivity index (χ1v) is 13.5. The second-order valence-electron chi connectivity index (χ2n) is 9.55. The summed E-state index contributed by atoms with van der Waals surface area (Å²) in [5.41, 5.74) is 5.22. The highest BCUT2D eigenvalue weighted by Crippen LogP contribution is 2.31. The van der Waals surface area contributed by atoms with Crippen molar-refractivity contribution >= 4 is 24.4 Å². The van der Waals surface area contributed by atoms with Gasteiger partial charge in [0.2, 0.25) is 0 Å². The largest absolute Gasteiger partial charge is 0.514 e. The van der Waals surface area contributed by atoms with E-state index in [1.54, 1.807) is 20.8 Å². The topological polar surface area (TPSA) is 159 Å². The van der Waals surface area contributed by atoms with Crippen LogP contribution >= 0.6 is 0 Å². The summed E-state index contributed by atoms with van der Waals surface area (Å²) in [6.45, 7) is 10.6. The normalized spacial score (nSPS) is 14.5. The average molecular weight is 570 g/mol. The molecule has 2 unspecified atom stereocenters. The molecule has 1 aromatic rings. The highest BCUT2D eigenvalue weighted by molar-refractivity contribution is 5.81. The fraction of sp³-hybridized carbons (Fsp3) is 0.643. The summed E-state index contributed by atoms with van der Waals surface area (Å²) in [6.07, 6.45) is -1.52. The summed E-state index contributed by atoms with van der Waals surface area (Å²) in [7, 11) is 1.19.